The lowest BCUT2D eigenvalue weighted by molar-refractivity contribution is -0.144. The molecule has 1 N–H and O–H groups in total. The Morgan fingerprint density at radius 2 is 1.44 bits per heavy atom. The van der Waals surface area contributed by atoms with Crippen molar-refractivity contribution in [3.8, 4) is 0 Å². The Morgan fingerprint density at radius 3 is 2.00 bits per heavy atom. The molecular weight excluding hydrogens is 441 g/mol. The quantitative estimate of drug-likeness (QED) is 0.456. The second-order valence-corrected chi connectivity index (χ2v) is 8.37. The molecular formula is C26H23F3N4O. The van der Waals surface area contributed by atoms with Crippen molar-refractivity contribution in [3.05, 3.63) is 101 Å². The standard InChI is InChI=1S/C26H23F3N4O/c27-26(28,29)25-30-21-12-11-20(17-22(21)31-25)24(34)33-15-13-32(14-16-33)23(18-7-3-1-4-8-18)19-9-5-2-6-10-19/h1-12,17,23H,13-16H2,(H,30,31). The van der Waals surface area contributed by atoms with Gasteiger partial charge in [-0.2, -0.15) is 13.2 Å². The first-order chi connectivity index (χ1) is 16.4. The molecule has 4 aromatic rings. The zero-order chi connectivity index (χ0) is 23.7. The molecule has 0 bridgehead atoms. The largest absolute Gasteiger partial charge is 0.449 e. The van der Waals surface area contributed by atoms with Crippen molar-refractivity contribution in [2.24, 2.45) is 0 Å². The molecule has 1 aliphatic rings. The van der Waals surface area contributed by atoms with Crippen LogP contribution < -0.4 is 0 Å². The first-order valence-electron chi connectivity index (χ1n) is 11.1. The molecule has 2 heterocycles. The van der Waals surface area contributed by atoms with E-state index in [0.717, 1.165) is 0 Å². The predicted molar refractivity (Wildman–Crippen MR) is 123 cm³/mol. The maximum Gasteiger partial charge on any atom is 0.449 e. The molecule has 1 aliphatic heterocycles. The fourth-order valence-corrected chi connectivity index (χ4v) is 4.53. The summed E-state index contributed by atoms with van der Waals surface area (Å²) in [6.45, 7) is 2.43. The number of imidazole rings is 1. The van der Waals surface area contributed by atoms with Crippen LogP contribution >= 0.6 is 0 Å². The van der Waals surface area contributed by atoms with Crippen LogP contribution in [0.5, 0.6) is 0 Å². The normalized spacial score (nSPS) is 15.2. The van der Waals surface area contributed by atoms with Gasteiger partial charge in [0, 0.05) is 31.7 Å². The average Bonchev–Trinajstić information content (AvgIpc) is 3.30. The minimum atomic E-state index is -4.56. The Balaban J connectivity index is 1.32. The molecule has 3 aromatic carbocycles. The van der Waals surface area contributed by atoms with Crippen molar-refractivity contribution >= 4 is 16.9 Å². The van der Waals surface area contributed by atoms with Crippen LogP contribution in [0.15, 0.2) is 78.9 Å². The Hall–Kier alpha value is -3.65. The highest BCUT2D eigenvalue weighted by molar-refractivity contribution is 5.97. The number of aromatic nitrogens is 2. The lowest BCUT2D eigenvalue weighted by Gasteiger charge is -2.39. The molecule has 1 amide bonds. The molecule has 0 atom stereocenters. The van der Waals surface area contributed by atoms with E-state index in [4.69, 9.17) is 0 Å². The van der Waals surface area contributed by atoms with E-state index in [-0.39, 0.29) is 23.0 Å². The van der Waals surface area contributed by atoms with Gasteiger partial charge in [0.1, 0.15) is 0 Å². The molecule has 0 spiro atoms. The van der Waals surface area contributed by atoms with Crippen molar-refractivity contribution < 1.29 is 18.0 Å². The van der Waals surface area contributed by atoms with E-state index in [1.807, 2.05) is 36.4 Å². The lowest BCUT2D eigenvalue weighted by Crippen LogP contribution is -2.49. The minimum absolute atomic E-state index is 0.0850. The maximum absolute atomic E-state index is 13.1. The van der Waals surface area contributed by atoms with Gasteiger partial charge >= 0.3 is 6.18 Å². The zero-order valence-electron chi connectivity index (χ0n) is 18.3. The third-order valence-corrected chi connectivity index (χ3v) is 6.19. The van der Waals surface area contributed by atoms with Crippen LogP contribution in [0.3, 0.4) is 0 Å². The number of hydrogen-bond donors (Lipinski definition) is 1. The summed E-state index contributed by atoms with van der Waals surface area (Å²) in [6, 6.07) is 25.1. The van der Waals surface area contributed by atoms with Gasteiger partial charge in [0.05, 0.1) is 17.1 Å². The number of hydrogen-bond acceptors (Lipinski definition) is 3. The summed E-state index contributed by atoms with van der Waals surface area (Å²) in [5.74, 6) is -1.26. The summed E-state index contributed by atoms with van der Waals surface area (Å²) in [5.41, 5.74) is 3.12. The maximum atomic E-state index is 13.1. The van der Waals surface area contributed by atoms with E-state index >= 15 is 0 Å². The number of aromatic amines is 1. The third-order valence-electron chi connectivity index (χ3n) is 6.19. The Kier molecular flexibility index (Phi) is 5.83. The number of amides is 1. The van der Waals surface area contributed by atoms with Gasteiger partial charge in [0.15, 0.2) is 0 Å². The van der Waals surface area contributed by atoms with Crippen molar-refractivity contribution in [1.82, 2.24) is 19.8 Å². The van der Waals surface area contributed by atoms with Gasteiger partial charge < -0.3 is 9.88 Å². The van der Waals surface area contributed by atoms with Crippen LogP contribution in [0.1, 0.15) is 33.4 Å². The lowest BCUT2D eigenvalue weighted by atomic mass is 9.96. The molecule has 1 saturated heterocycles. The monoisotopic (exact) mass is 464 g/mol. The molecule has 0 aliphatic carbocycles. The smallest absolute Gasteiger partial charge is 0.336 e. The van der Waals surface area contributed by atoms with Crippen molar-refractivity contribution in [2.75, 3.05) is 26.2 Å². The molecule has 1 fully saturated rings. The van der Waals surface area contributed by atoms with Gasteiger partial charge in [-0.1, -0.05) is 60.7 Å². The number of halogens is 3. The first-order valence-corrected chi connectivity index (χ1v) is 11.1. The Morgan fingerprint density at radius 1 is 0.853 bits per heavy atom. The number of carbonyl (C=O) groups excluding carboxylic acids is 1. The van der Waals surface area contributed by atoms with Crippen molar-refractivity contribution in [2.45, 2.75) is 12.2 Å². The van der Waals surface area contributed by atoms with Gasteiger partial charge in [0.25, 0.3) is 5.91 Å². The van der Waals surface area contributed by atoms with Gasteiger partial charge in [0.2, 0.25) is 5.82 Å². The van der Waals surface area contributed by atoms with E-state index in [0.29, 0.717) is 31.7 Å². The van der Waals surface area contributed by atoms with Crippen LogP contribution in [-0.2, 0) is 6.18 Å². The summed E-state index contributed by atoms with van der Waals surface area (Å²) in [5, 5.41) is 0. The summed E-state index contributed by atoms with van der Waals surface area (Å²) in [7, 11) is 0. The second-order valence-electron chi connectivity index (χ2n) is 8.37. The van der Waals surface area contributed by atoms with E-state index < -0.39 is 12.0 Å². The van der Waals surface area contributed by atoms with E-state index in [2.05, 4.69) is 39.1 Å². The summed E-state index contributed by atoms with van der Waals surface area (Å²) in [6.07, 6.45) is -4.56. The average molecular weight is 464 g/mol. The molecule has 174 valence electrons. The number of benzene rings is 3. The van der Waals surface area contributed by atoms with Crippen LogP contribution in [0.2, 0.25) is 0 Å². The van der Waals surface area contributed by atoms with E-state index in [9.17, 15) is 18.0 Å². The summed E-state index contributed by atoms with van der Waals surface area (Å²) < 4.78 is 38.8. The SMILES string of the molecule is O=C(c1ccc2nc(C(F)(F)F)[nH]c2c1)N1CCN(C(c2ccccc2)c2ccccc2)CC1. The molecule has 0 saturated carbocycles. The second kappa shape index (κ2) is 8.95. The number of nitrogens with zero attached hydrogens (tertiary/aromatic N) is 3. The van der Waals surface area contributed by atoms with Crippen LogP contribution in [0.25, 0.3) is 11.0 Å². The fraction of sp³-hybridized carbons (Fsp3) is 0.231. The number of carbonyl (C=O) groups is 1. The highest BCUT2D eigenvalue weighted by Gasteiger charge is 2.35. The highest BCUT2D eigenvalue weighted by Crippen LogP contribution is 2.31. The zero-order valence-corrected chi connectivity index (χ0v) is 18.3. The van der Waals surface area contributed by atoms with Gasteiger partial charge in [-0.15, -0.1) is 0 Å². The number of piperazine rings is 1. The molecule has 34 heavy (non-hydrogen) atoms. The molecule has 0 unspecified atom stereocenters. The van der Waals surface area contributed by atoms with E-state index in [1.54, 1.807) is 4.90 Å². The first kappa shape index (κ1) is 22.2. The summed E-state index contributed by atoms with van der Waals surface area (Å²) >= 11 is 0. The molecule has 8 heteroatoms. The number of nitrogens with one attached hydrogen (secondary N) is 1. The van der Waals surface area contributed by atoms with Crippen LogP contribution in [0, 0.1) is 0 Å². The van der Waals surface area contributed by atoms with Gasteiger partial charge in [-0.05, 0) is 29.3 Å². The Labute approximate surface area is 194 Å². The van der Waals surface area contributed by atoms with Crippen LogP contribution in [-0.4, -0.2) is 51.9 Å². The highest BCUT2D eigenvalue weighted by atomic mass is 19.4. The Bertz CT molecular complexity index is 1240. The number of rotatable bonds is 4. The van der Waals surface area contributed by atoms with Gasteiger partial charge in [-0.25, -0.2) is 4.98 Å². The van der Waals surface area contributed by atoms with Crippen molar-refractivity contribution in [1.29, 1.82) is 0 Å². The van der Waals surface area contributed by atoms with Crippen LogP contribution in [0.4, 0.5) is 13.2 Å². The predicted octanol–water partition coefficient (Wildman–Crippen LogP) is 5.13. The molecule has 0 radical (unpaired) electrons. The van der Waals surface area contributed by atoms with E-state index in [1.165, 1.54) is 29.3 Å². The topological polar surface area (TPSA) is 52.2 Å². The summed E-state index contributed by atoms with van der Waals surface area (Å²) in [4.78, 5) is 23.1. The number of H-pyrrole nitrogens is 1. The minimum Gasteiger partial charge on any atom is -0.336 e. The van der Waals surface area contributed by atoms with Crippen molar-refractivity contribution in [3.63, 3.8) is 0 Å². The molecule has 1 aromatic heterocycles. The molecule has 5 rings (SSSR count). The molecule has 5 nitrogen and oxygen atoms in total. The number of alkyl halides is 3. The van der Waals surface area contributed by atoms with Gasteiger partial charge in [-0.3, -0.25) is 9.69 Å². The third kappa shape index (κ3) is 4.41. The fourth-order valence-electron chi connectivity index (χ4n) is 4.53. The number of fused-ring (bicyclic) bond motifs is 1.